The largest absolute Gasteiger partial charge is 0.493 e. The van der Waals surface area contributed by atoms with Gasteiger partial charge in [-0.05, 0) is 40.2 Å². The van der Waals surface area contributed by atoms with Gasteiger partial charge in [-0.15, -0.1) is 0 Å². The zero-order valence-corrected chi connectivity index (χ0v) is 13.0. The number of hydrogen-bond acceptors (Lipinski definition) is 5. The molecule has 0 atom stereocenters. The number of halogens is 1. The van der Waals surface area contributed by atoms with E-state index in [1.54, 1.807) is 37.4 Å². The molecule has 1 aromatic carbocycles. The fraction of sp³-hybridized carbons (Fsp3) is 0.143. The Kier molecular flexibility index (Phi) is 4.99. The second-order valence-electron chi connectivity index (χ2n) is 3.89. The SMILES string of the molecule is COc1cccc(/C=N/NC(=O)c2ccc(Br)o2)c1OC. The Hall–Kier alpha value is -2.28. The van der Waals surface area contributed by atoms with Gasteiger partial charge in [0.15, 0.2) is 21.9 Å². The van der Waals surface area contributed by atoms with Crippen molar-refractivity contribution in [3.8, 4) is 11.5 Å². The number of nitrogens with one attached hydrogen (secondary N) is 1. The third-order valence-corrected chi connectivity index (χ3v) is 3.03. The molecule has 1 heterocycles. The first kappa shape index (κ1) is 15.1. The highest BCUT2D eigenvalue weighted by atomic mass is 79.9. The number of nitrogens with zero attached hydrogens (tertiary/aromatic N) is 1. The molecule has 0 saturated carbocycles. The summed E-state index contributed by atoms with van der Waals surface area (Å²) in [5.41, 5.74) is 3.05. The van der Waals surface area contributed by atoms with Gasteiger partial charge in [0.2, 0.25) is 0 Å². The molecule has 0 bridgehead atoms. The van der Waals surface area contributed by atoms with Crippen molar-refractivity contribution in [2.75, 3.05) is 14.2 Å². The number of benzene rings is 1. The summed E-state index contributed by atoms with van der Waals surface area (Å²) in [6.45, 7) is 0. The Morgan fingerprint density at radius 2 is 2.10 bits per heavy atom. The van der Waals surface area contributed by atoms with Gasteiger partial charge in [0.1, 0.15) is 0 Å². The molecule has 0 aliphatic rings. The molecule has 0 fully saturated rings. The number of hydrazone groups is 1. The highest BCUT2D eigenvalue weighted by Gasteiger charge is 2.10. The van der Waals surface area contributed by atoms with Crippen LogP contribution in [0.5, 0.6) is 11.5 Å². The molecule has 6 nitrogen and oxygen atoms in total. The second kappa shape index (κ2) is 6.94. The van der Waals surface area contributed by atoms with Crippen LogP contribution in [-0.4, -0.2) is 26.3 Å². The number of carbonyl (C=O) groups excluding carboxylic acids is 1. The van der Waals surface area contributed by atoms with Crippen LogP contribution in [0.15, 0.2) is 44.5 Å². The number of hydrogen-bond donors (Lipinski definition) is 1. The van der Waals surface area contributed by atoms with Crippen molar-refractivity contribution < 1.29 is 18.7 Å². The Labute approximate surface area is 129 Å². The van der Waals surface area contributed by atoms with Gasteiger partial charge < -0.3 is 13.9 Å². The number of amides is 1. The molecule has 0 spiro atoms. The van der Waals surface area contributed by atoms with E-state index >= 15 is 0 Å². The molecule has 110 valence electrons. The maximum Gasteiger partial charge on any atom is 0.307 e. The summed E-state index contributed by atoms with van der Waals surface area (Å²) < 4.78 is 16.0. The molecular weight excluding hydrogens is 340 g/mol. The van der Waals surface area contributed by atoms with Crippen molar-refractivity contribution in [1.82, 2.24) is 5.43 Å². The smallest absolute Gasteiger partial charge is 0.307 e. The molecule has 0 radical (unpaired) electrons. The van der Waals surface area contributed by atoms with E-state index in [2.05, 4.69) is 26.5 Å². The van der Waals surface area contributed by atoms with E-state index in [1.807, 2.05) is 0 Å². The Bertz CT molecular complexity index is 667. The van der Waals surface area contributed by atoms with Crippen molar-refractivity contribution in [3.63, 3.8) is 0 Å². The minimum absolute atomic E-state index is 0.164. The van der Waals surface area contributed by atoms with Crippen LogP contribution in [0.3, 0.4) is 0 Å². The lowest BCUT2D eigenvalue weighted by Gasteiger charge is -2.09. The monoisotopic (exact) mass is 352 g/mol. The van der Waals surface area contributed by atoms with Crippen LogP contribution in [0.1, 0.15) is 16.1 Å². The van der Waals surface area contributed by atoms with Gasteiger partial charge in [-0.3, -0.25) is 4.79 Å². The molecule has 21 heavy (non-hydrogen) atoms. The summed E-state index contributed by atoms with van der Waals surface area (Å²) in [6.07, 6.45) is 1.47. The molecular formula is C14H13BrN2O4. The normalized spacial score (nSPS) is 10.6. The standard InChI is InChI=1S/C14H13BrN2O4/c1-19-10-5-3-4-9(13(10)20-2)8-16-17-14(18)11-6-7-12(15)21-11/h3-8H,1-2H3,(H,17,18)/b16-8+. The predicted octanol–water partition coefficient (Wildman–Crippen LogP) is 2.82. The maximum atomic E-state index is 11.7. The van der Waals surface area contributed by atoms with Crippen molar-refractivity contribution in [1.29, 1.82) is 0 Å². The van der Waals surface area contributed by atoms with E-state index in [-0.39, 0.29) is 5.76 Å². The van der Waals surface area contributed by atoms with Gasteiger partial charge >= 0.3 is 5.91 Å². The summed E-state index contributed by atoms with van der Waals surface area (Å²) in [5.74, 6) is 0.844. The van der Waals surface area contributed by atoms with Crippen LogP contribution in [0.4, 0.5) is 0 Å². The molecule has 1 aromatic heterocycles. The van der Waals surface area contributed by atoms with Crippen LogP contribution in [0.2, 0.25) is 0 Å². The molecule has 2 rings (SSSR count). The zero-order chi connectivity index (χ0) is 15.2. The third kappa shape index (κ3) is 3.63. The van der Waals surface area contributed by atoms with Gasteiger partial charge in [-0.2, -0.15) is 5.10 Å². The highest BCUT2D eigenvalue weighted by molar-refractivity contribution is 9.10. The number of rotatable bonds is 5. The number of methoxy groups -OCH3 is 2. The molecule has 0 saturated heterocycles. The predicted molar refractivity (Wildman–Crippen MR) is 81.0 cm³/mol. The van der Waals surface area contributed by atoms with Crippen molar-refractivity contribution in [2.45, 2.75) is 0 Å². The molecule has 2 aromatic rings. The first-order chi connectivity index (χ1) is 10.2. The van der Waals surface area contributed by atoms with E-state index in [0.29, 0.717) is 21.7 Å². The van der Waals surface area contributed by atoms with Gasteiger partial charge in [0, 0.05) is 5.56 Å². The quantitative estimate of drug-likeness (QED) is 0.663. The van der Waals surface area contributed by atoms with Crippen LogP contribution in [0, 0.1) is 0 Å². The summed E-state index contributed by atoms with van der Waals surface area (Å²) >= 11 is 3.12. The van der Waals surface area contributed by atoms with E-state index in [4.69, 9.17) is 13.9 Å². The fourth-order valence-electron chi connectivity index (χ4n) is 1.67. The van der Waals surface area contributed by atoms with Crippen LogP contribution in [-0.2, 0) is 0 Å². The Morgan fingerprint density at radius 3 is 2.71 bits per heavy atom. The van der Waals surface area contributed by atoms with E-state index in [1.165, 1.54) is 13.3 Å². The average Bonchev–Trinajstić information content (AvgIpc) is 2.93. The van der Waals surface area contributed by atoms with Crippen molar-refractivity contribution in [3.05, 3.63) is 46.3 Å². The Balaban J connectivity index is 2.09. The first-order valence-electron chi connectivity index (χ1n) is 5.95. The number of carbonyl (C=O) groups is 1. The number of ether oxygens (including phenoxy) is 2. The third-order valence-electron chi connectivity index (χ3n) is 2.60. The minimum Gasteiger partial charge on any atom is -0.493 e. The summed E-state index contributed by atoms with van der Waals surface area (Å²) in [7, 11) is 3.09. The van der Waals surface area contributed by atoms with Crippen LogP contribution in [0.25, 0.3) is 0 Å². The van der Waals surface area contributed by atoms with E-state index in [9.17, 15) is 4.79 Å². The van der Waals surface area contributed by atoms with Crippen molar-refractivity contribution >= 4 is 28.1 Å². The molecule has 1 amide bonds. The van der Waals surface area contributed by atoms with E-state index < -0.39 is 5.91 Å². The van der Waals surface area contributed by atoms with Gasteiger partial charge in [-0.25, -0.2) is 5.43 Å². The molecule has 0 aliphatic carbocycles. The van der Waals surface area contributed by atoms with Gasteiger partial charge in [0.05, 0.1) is 20.4 Å². The number of furan rings is 1. The van der Waals surface area contributed by atoms with E-state index in [0.717, 1.165) is 0 Å². The second-order valence-corrected chi connectivity index (χ2v) is 4.67. The summed E-state index contributed by atoms with van der Waals surface area (Å²) in [4.78, 5) is 11.7. The minimum atomic E-state index is -0.446. The topological polar surface area (TPSA) is 73.1 Å². The maximum absolute atomic E-state index is 11.7. The zero-order valence-electron chi connectivity index (χ0n) is 11.4. The molecule has 1 N–H and O–H groups in total. The lowest BCUT2D eigenvalue weighted by atomic mass is 10.2. The van der Waals surface area contributed by atoms with Gasteiger partial charge in [0.25, 0.3) is 0 Å². The molecule has 0 aliphatic heterocycles. The summed E-state index contributed by atoms with van der Waals surface area (Å²) in [6, 6.07) is 8.54. The van der Waals surface area contributed by atoms with Gasteiger partial charge in [-0.1, -0.05) is 6.07 Å². The Morgan fingerprint density at radius 1 is 1.29 bits per heavy atom. The number of para-hydroxylation sites is 1. The first-order valence-corrected chi connectivity index (χ1v) is 6.74. The van der Waals surface area contributed by atoms with Crippen LogP contribution < -0.4 is 14.9 Å². The lowest BCUT2D eigenvalue weighted by molar-refractivity contribution is 0.0926. The fourth-order valence-corrected chi connectivity index (χ4v) is 1.97. The lowest BCUT2D eigenvalue weighted by Crippen LogP contribution is -2.16. The van der Waals surface area contributed by atoms with Crippen molar-refractivity contribution in [2.24, 2.45) is 5.10 Å². The highest BCUT2D eigenvalue weighted by Crippen LogP contribution is 2.29. The molecule has 7 heteroatoms. The average molecular weight is 353 g/mol. The summed E-state index contributed by atoms with van der Waals surface area (Å²) in [5, 5.41) is 3.88. The molecule has 0 unspecified atom stereocenters. The van der Waals surface area contributed by atoms with Crippen LogP contribution >= 0.6 is 15.9 Å².